The van der Waals surface area contributed by atoms with Crippen LogP contribution in [0.2, 0.25) is 0 Å². The molecule has 2 heteroatoms. The highest BCUT2D eigenvalue weighted by atomic mass is 15.1. The summed E-state index contributed by atoms with van der Waals surface area (Å²) in [4.78, 5) is 2.47. The molecule has 12 rings (SSSR count). The molecule has 0 amide bonds. The third kappa shape index (κ3) is 4.84. The van der Waals surface area contributed by atoms with Crippen molar-refractivity contribution in [2.45, 2.75) is 18.3 Å². The number of fused-ring (bicyclic) bond motifs is 10. The first-order valence-corrected chi connectivity index (χ1v) is 20.0. The largest absolute Gasteiger partial charge is 0.310 e. The Bertz CT molecular complexity index is 3160. The van der Waals surface area contributed by atoms with Gasteiger partial charge in [-0.15, -0.1) is 0 Å². The average Bonchev–Trinajstić information content (AvgIpc) is 3.92. The summed E-state index contributed by atoms with van der Waals surface area (Å²) in [5, 5.41) is 5.01. The predicted molar refractivity (Wildman–Crippen MR) is 238 cm³/mol. The van der Waals surface area contributed by atoms with E-state index >= 15 is 0 Å². The van der Waals surface area contributed by atoms with Gasteiger partial charge in [0.25, 0.3) is 0 Å². The maximum atomic E-state index is 2.51. The summed E-state index contributed by atoms with van der Waals surface area (Å²) >= 11 is 0. The minimum absolute atomic E-state index is 0.0947. The Labute approximate surface area is 332 Å². The van der Waals surface area contributed by atoms with Crippen LogP contribution in [0.15, 0.2) is 206 Å². The van der Waals surface area contributed by atoms with E-state index in [2.05, 4.69) is 216 Å². The molecule has 0 atom stereocenters. The van der Waals surface area contributed by atoms with Gasteiger partial charge >= 0.3 is 0 Å². The SMILES string of the molecule is c1ccc(-n2c3ccccc3c3cc(N(c4ccc(-c5cccc6ccccc56)cc4)c4ccc5c(c4)C4(Cc6ccccc6C4)c4ccccc4-5)ccc32)cc1. The quantitative estimate of drug-likeness (QED) is 0.171. The maximum absolute atomic E-state index is 2.51. The van der Waals surface area contributed by atoms with E-state index < -0.39 is 0 Å². The fourth-order valence-electron chi connectivity index (χ4n) is 10.2. The smallest absolute Gasteiger partial charge is 0.0542 e. The van der Waals surface area contributed by atoms with Crippen LogP contribution < -0.4 is 4.90 Å². The van der Waals surface area contributed by atoms with Gasteiger partial charge in [0.15, 0.2) is 0 Å². The molecule has 1 aromatic heterocycles. The molecule has 2 aliphatic carbocycles. The number of hydrogen-bond acceptors (Lipinski definition) is 1. The maximum Gasteiger partial charge on any atom is 0.0542 e. The monoisotopic (exact) mass is 726 g/mol. The van der Waals surface area contributed by atoms with Gasteiger partial charge in [0.1, 0.15) is 0 Å². The third-order valence-corrected chi connectivity index (χ3v) is 12.8. The molecule has 0 saturated heterocycles. The second-order valence-electron chi connectivity index (χ2n) is 15.8. The van der Waals surface area contributed by atoms with Crippen molar-refractivity contribution < 1.29 is 0 Å². The fourth-order valence-corrected chi connectivity index (χ4v) is 10.2. The van der Waals surface area contributed by atoms with Crippen molar-refractivity contribution in [1.82, 2.24) is 4.57 Å². The molecule has 0 bridgehead atoms. The van der Waals surface area contributed by atoms with Crippen LogP contribution in [0.4, 0.5) is 17.1 Å². The number of para-hydroxylation sites is 2. The zero-order valence-electron chi connectivity index (χ0n) is 31.4. The van der Waals surface area contributed by atoms with E-state index in [1.807, 2.05) is 0 Å². The molecule has 0 radical (unpaired) electrons. The summed E-state index contributed by atoms with van der Waals surface area (Å²) in [6.45, 7) is 0. The first-order valence-electron chi connectivity index (χ1n) is 20.0. The van der Waals surface area contributed by atoms with Crippen LogP contribution in [0.5, 0.6) is 0 Å². The summed E-state index contributed by atoms with van der Waals surface area (Å²) in [5.74, 6) is 0. The fraction of sp³-hybridized carbons (Fsp3) is 0.0545. The zero-order valence-corrected chi connectivity index (χ0v) is 31.4. The van der Waals surface area contributed by atoms with Crippen molar-refractivity contribution in [3.63, 3.8) is 0 Å². The van der Waals surface area contributed by atoms with Crippen molar-refractivity contribution >= 4 is 49.6 Å². The zero-order chi connectivity index (χ0) is 37.5. The van der Waals surface area contributed by atoms with Gasteiger partial charge in [-0.05, 0) is 129 Å². The van der Waals surface area contributed by atoms with E-state index in [0.29, 0.717) is 0 Å². The van der Waals surface area contributed by atoms with Gasteiger partial charge in [-0.25, -0.2) is 0 Å². The third-order valence-electron chi connectivity index (χ3n) is 12.8. The molecule has 57 heavy (non-hydrogen) atoms. The lowest BCUT2D eigenvalue weighted by atomic mass is 9.75. The van der Waals surface area contributed by atoms with Crippen LogP contribution in [0.3, 0.4) is 0 Å². The number of benzene rings is 9. The van der Waals surface area contributed by atoms with Crippen LogP contribution in [0.1, 0.15) is 22.3 Å². The van der Waals surface area contributed by atoms with E-state index in [0.717, 1.165) is 24.2 Å². The van der Waals surface area contributed by atoms with E-state index in [-0.39, 0.29) is 5.41 Å². The molecule has 0 fully saturated rings. The van der Waals surface area contributed by atoms with Crippen LogP contribution in [-0.4, -0.2) is 4.57 Å². The Kier molecular flexibility index (Phi) is 7.00. The highest BCUT2D eigenvalue weighted by Crippen LogP contribution is 2.56. The predicted octanol–water partition coefficient (Wildman–Crippen LogP) is 14.1. The molecule has 0 unspecified atom stereocenters. The minimum Gasteiger partial charge on any atom is -0.310 e. The molecule has 0 saturated carbocycles. The molecule has 268 valence electrons. The molecule has 9 aromatic carbocycles. The van der Waals surface area contributed by atoms with Crippen molar-refractivity contribution in [3.05, 3.63) is 229 Å². The molecule has 1 heterocycles. The van der Waals surface area contributed by atoms with Gasteiger partial charge in [0.05, 0.1) is 11.0 Å². The number of rotatable bonds is 5. The molecule has 2 nitrogen and oxygen atoms in total. The summed E-state index contributed by atoms with van der Waals surface area (Å²) in [6, 6.07) is 76.4. The van der Waals surface area contributed by atoms with Crippen molar-refractivity contribution in [2.24, 2.45) is 0 Å². The first kappa shape index (κ1) is 32.1. The summed E-state index contributed by atoms with van der Waals surface area (Å²) in [6.07, 6.45) is 2.03. The Morgan fingerprint density at radius 1 is 0.386 bits per heavy atom. The number of nitrogens with zero attached hydrogens (tertiary/aromatic N) is 2. The molecule has 1 spiro atoms. The first-order chi connectivity index (χ1) is 28.2. The molecular formula is C55H38N2. The van der Waals surface area contributed by atoms with Gasteiger partial charge in [-0.1, -0.05) is 146 Å². The average molecular weight is 727 g/mol. The van der Waals surface area contributed by atoms with Gasteiger partial charge in [0.2, 0.25) is 0 Å². The summed E-state index contributed by atoms with van der Waals surface area (Å²) < 4.78 is 2.39. The van der Waals surface area contributed by atoms with E-state index in [1.54, 1.807) is 0 Å². The minimum atomic E-state index is -0.0947. The number of hydrogen-bond donors (Lipinski definition) is 0. The van der Waals surface area contributed by atoms with Crippen molar-refractivity contribution in [2.75, 3.05) is 4.90 Å². The van der Waals surface area contributed by atoms with Crippen molar-refractivity contribution in [1.29, 1.82) is 0 Å². The van der Waals surface area contributed by atoms with Gasteiger partial charge < -0.3 is 9.47 Å². The Balaban J connectivity index is 1.06. The lowest BCUT2D eigenvalue weighted by molar-refractivity contribution is 0.563. The topological polar surface area (TPSA) is 8.17 Å². The highest BCUT2D eigenvalue weighted by Gasteiger charge is 2.47. The highest BCUT2D eigenvalue weighted by molar-refractivity contribution is 6.11. The van der Waals surface area contributed by atoms with Gasteiger partial charge in [-0.3, -0.25) is 0 Å². The summed E-state index contributed by atoms with van der Waals surface area (Å²) in [5.41, 5.74) is 17.9. The molecule has 0 N–H and O–H groups in total. The molecule has 0 aliphatic heterocycles. The summed E-state index contributed by atoms with van der Waals surface area (Å²) in [7, 11) is 0. The standard InChI is InChI=1S/C55H38N2/c1-2-17-41(18-3-1)57-53-24-11-9-21-49(53)50-33-43(30-32-54(50)57)56(42-27-25-38(26-28-42)46-22-12-16-37-13-6-7-19-45(37)46)44-29-31-48-47-20-8-10-23-51(47)55(52(48)34-44)35-39-14-4-5-15-40(39)36-55/h1-34H,35-36H2. The molecule has 2 aliphatic rings. The number of aromatic nitrogens is 1. The normalized spacial score (nSPS) is 13.6. The van der Waals surface area contributed by atoms with E-state index in [9.17, 15) is 0 Å². The number of anilines is 3. The Hall–Kier alpha value is -7.16. The Morgan fingerprint density at radius 2 is 0.982 bits per heavy atom. The molecular weight excluding hydrogens is 689 g/mol. The van der Waals surface area contributed by atoms with Gasteiger partial charge in [0, 0.05) is 38.9 Å². The van der Waals surface area contributed by atoms with Gasteiger partial charge in [-0.2, -0.15) is 0 Å². The molecule has 10 aromatic rings. The van der Waals surface area contributed by atoms with E-state index in [4.69, 9.17) is 0 Å². The second kappa shape index (κ2) is 12.4. The lowest BCUT2D eigenvalue weighted by Gasteiger charge is -2.30. The van der Waals surface area contributed by atoms with Crippen LogP contribution in [0, 0.1) is 0 Å². The van der Waals surface area contributed by atoms with Crippen LogP contribution in [0.25, 0.3) is 60.5 Å². The van der Waals surface area contributed by atoms with E-state index in [1.165, 1.54) is 88.5 Å². The van der Waals surface area contributed by atoms with Crippen LogP contribution >= 0.6 is 0 Å². The Morgan fingerprint density at radius 3 is 1.82 bits per heavy atom. The lowest BCUT2D eigenvalue weighted by Crippen LogP contribution is -2.26. The van der Waals surface area contributed by atoms with Crippen molar-refractivity contribution in [3.8, 4) is 27.9 Å². The second-order valence-corrected chi connectivity index (χ2v) is 15.8. The van der Waals surface area contributed by atoms with Crippen LogP contribution in [-0.2, 0) is 18.3 Å².